The highest BCUT2D eigenvalue weighted by molar-refractivity contribution is 9.10. The maximum Gasteiger partial charge on any atom is 0.193 e. The quantitative estimate of drug-likeness (QED) is 0.679. The smallest absolute Gasteiger partial charge is 0.193 e. The number of hydrogen-bond donors (Lipinski definition) is 1. The Morgan fingerprint density at radius 3 is 2.56 bits per heavy atom. The molecular weight excluding hydrogens is 297 g/mol. The molecule has 0 fully saturated rings. The Labute approximate surface area is 113 Å². The lowest BCUT2D eigenvalue weighted by molar-refractivity contribution is 0.103. The molecular formula is C14H11BrFNO. The number of carbonyl (C=O) groups is 1. The van der Waals surface area contributed by atoms with Crippen LogP contribution in [0.15, 0.2) is 40.9 Å². The summed E-state index contributed by atoms with van der Waals surface area (Å²) in [4.78, 5) is 12.3. The second-order valence-electron chi connectivity index (χ2n) is 4.03. The number of nitrogen functional groups attached to an aromatic ring is 1. The van der Waals surface area contributed by atoms with Crippen LogP contribution in [-0.2, 0) is 0 Å². The van der Waals surface area contributed by atoms with Gasteiger partial charge in [-0.05, 0) is 64.8 Å². The van der Waals surface area contributed by atoms with E-state index >= 15 is 0 Å². The monoisotopic (exact) mass is 307 g/mol. The van der Waals surface area contributed by atoms with Gasteiger partial charge in [0.05, 0.1) is 4.47 Å². The molecule has 2 aromatic rings. The third-order valence-electron chi connectivity index (χ3n) is 2.68. The predicted octanol–water partition coefficient (Wildman–Crippen LogP) is 3.71. The molecule has 0 bridgehead atoms. The molecule has 0 aliphatic heterocycles. The van der Waals surface area contributed by atoms with E-state index in [9.17, 15) is 9.18 Å². The molecule has 0 aliphatic carbocycles. The summed E-state index contributed by atoms with van der Waals surface area (Å²) in [5.41, 5.74) is 8.08. The molecule has 0 saturated heterocycles. The van der Waals surface area contributed by atoms with Crippen LogP contribution in [0.5, 0.6) is 0 Å². The molecule has 0 heterocycles. The summed E-state index contributed by atoms with van der Waals surface area (Å²) in [6.07, 6.45) is 0. The Morgan fingerprint density at radius 2 is 1.94 bits per heavy atom. The van der Waals surface area contributed by atoms with Gasteiger partial charge in [0.2, 0.25) is 0 Å². The summed E-state index contributed by atoms with van der Waals surface area (Å²) in [7, 11) is 0. The van der Waals surface area contributed by atoms with Crippen LogP contribution in [-0.4, -0.2) is 5.78 Å². The number of carbonyl (C=O) groups excluding carboxylic acids is 1. The standard InChI is InChI=1S/C14H11BrFNO/c1-8-6-10(17)3-4-11(8)14(18)9-2-5-13(16)12(15)7-9/h2-7H,17H2,1H3. The topological polar surface area (TPSA) is 43.1 Å². The van der Waals surface area contributed by atoms with Crippen LogP contribution in [0, 0.1) is 12.7 Å². The molecule has 92 valence electrons. The van der Waals surface area contributed by atoms with E-state index in [4.69, 9.17) is 5.73 Å². The largest absolute Gasteiger partial charge is 0.399 e. The van der Waals surface area contributed by atoms with Crippen LogP contribution >= 0.6 is 15.9 Å². The molecule has 18 heavy (non-hydrogen) atoms. The number of aryl methyl sites for hydroxylation is 1. The summed E-state index contributed by atoms with van der Waals surface area (Å²) in [5, 5.41) is 0. The summed E-state index contributed by atoms with van der Waals surface area (Å²) < 4.78 is 13.4. The molecule has 2 rings (SSSR count). The molecule has 2 N–H and O–H groups in total. The third kappa shape index (κ3) is 2.43. The molecule has 2 nitrogen and oxygen atoms in total. The van der Waals surface area contributed by atoms with Gasteiger partial charge in [0.15, 0.2) is 5.78 Å². The molecule has 0 aliphatic rings. The van der Waals surface area contributed by atoms with E-state index in [1.54, 1.807) is 18.2 Å². The molecule has 0 aromatic heterocycles. The maximum atomic E-state index is 13.1. The van der Waals surface area contributed by atoms with Crippen molar-refractivity contribution in [3.8, 4) is 0 Å². The zero-order chi connectivity index (χ0) is 13.3. The lowest BCUT2D eigenvalue weighted by Crippen LogP contribution is -2.04. The van der Waals surface area contributed by atoms with Gasteiger partial charge in [0.25, 0.3) is 0 Å². The van der Waals surface area contributed by atoms with Gasteiger partial charge in [-0.1, -0.05) is 0 Å². The summed E-state index contributed by atoms with van der Waals surface area (Å²) in [5.74, 6) is -0.534. The lowest BCUT2D eigenvalue weighted by Gasteiger charge is -2.06. The minimum Gasteiger partial charge on any atom is -0.399 e. The normalized spacial score (nSPS) is 10.4. The third-order valence-corrected chi connectivity index (χ3v) is 3.28. The van der Waals surface area contributed by atoms with Crippen LogP contribution in [0.1, 0.15) is 21.5 Å². The van der Waals surface area contributed by atoms with E-state index < -0.39 is 0 Å². The minimum atomic E-state index is -0.388. The molecule has 0 radical (unpaired) electrons. The van der Waals surface area contributed by atoms with Crippen molar-refractivity contribution in [2.24, 2.45) is 0 Å². The van der Waals surface area contributed by atoms with Gasteiger partial charge in [-0.2, -0.15) is 0 Å². The first-order chi connectivity index (χ1) is 8.49. The second kappa shape index (κ2) is 4.90. The van der Waals surface area contributed by atoms with Gasteiger partial charge in [-0.15, -0.1) is 0 Å². The summed E-state index contributed by atoms with van der Waals surface area (Å²) >= 11 is 3.07. The highest BCUT2D eigenvalue weighted by atomic mass is 79.9. The van der Waals surface area contributed by atoms with E-state index in [0.717, 1.165) is 5.56 Å². The van der Waals surface area contributed by atoms with Crippen molar-refractivity contribution < 1.29 is 9.18 Å². The zero-order valence-corrected chi connectivity index (χ0v) is 11.3. The van der Waals surface area contributed by atoms with Gasteiger partial charge < -0.3 is 5.73 Å². The number of benzene rings is 2. The minimum absolute atomic E-state index is 0.145. The van der Waals surface area contributed by atoms with Gasteiger partial charge in [0, 0.05) is 16.8 Å². The molecule has 4 heteroatoms. The van der Waals surface area contributed by atoms with Crippen molar-refractivity contribution in [2.75, 3.05) is 5.73 Å². The number of anilines is 1. The number of rotatable bonds is 2. The molecule has 0 spiro atoms. The Morgan fingerprint density at radius 1 is 1.22 bits per heavy atom. The number of ketones is 1. The average molecular weight is 308 g/mol. The lowest BCUT2D eigenvalue weighted by atomic mass is 9.99. The summed E-state index contributed by atoms with van der Waals surface area (Å²) in [6, 6.07) is 9.32. The molecule has 0 unspecified atom stereocenters. The Balaban J connectivity index is 2.44. The van der Waals surface area contributed by atoms with Crippen LogP contribution in [0.4, 0.5) is 10.1 Å². The molecule has 0 amide bonds. The van der Waals surface area contributed by atoms with Gasteiger partial charge in [0.1, 0.15) is 5.82 Å². The first kappa shape index (κ1) is 12.8. The predicted molar refractivity (Wildman–Crippen MR) is 73.1 cm³/mol. The highest BCUT2D eigenvalue weighted by Gasteiger charge is 2.13. The van der Waals surface area contributed by atoms with Crippen molar-refractivity contribution >= 4 is 27.4 Å². The Hall–Kier alpha value is -1.68. The van der Waals surface area contributed by atoms with Crippen molar-refractivity contribution in [1.82, 2.24) is 0 Å². The van der Waals surface area contributed by atoms with Crippen LogP contribution < -0.4 is 5.73 Å². The van der Waals surface area contributed by atoms with E-state index in [1.165, 1.54) is 18.2 Å². The summed E-state index contributed by atoms with van der Waals surface area (Å²) in [6.45, 7) is 1.82. The number of nitrogens with two attached hydrogens (primary N) is 1. The van der Waals surface area contributed by atoms with E-state index in [2.05, 4.69) is 15.9 Å². The van der Waals surface area contributed by atoms with Gasteiger partial charge >= 0.3 is 0 Å². The van der Waals surface area contributed by atoms with Gasteiger partial charge in [-0.25, -0.2) is 4.39 Å². The van der Waals surface area contributed by atoms with Gasteiger partial charge in [-0.3, -0.25) is 4.79 Å². The van der Waals surface area contributed by atoms with Crippen molar-refractivity contribution in [3.63, 3.8) is 0 Å². The van der Waals surface area contributed by atoms with E-state index in [1.807, 2.05) is 6.92 Å². The first-order valence-electron chi connectivity index (χ1n) is 5.35. The average Bonchev–Trinajstić information content (AvgIpc) is 2.32. The number of hydrogen-bond acceptors (Lipinski definition) is 2. The molecule has 0 saturated carbocycles. The van der Waals surface area contributed by atoms with Crippen LogP contribution in [0.2, 0.25) is 0 Å². The fourth-order valence-corrected chi connectivity index (χ4v) is 2.11. The number of halogens is 2. The van der Waals surface area contributed by atoms with E-state index in [0.29, 0.717) is 16.8 Å². The van der Waals surface area contributed by atoms with Crippen molar-refractivity contribution in [1.29, 1.82) is 0 Å². The highest BCUT2D eigenvalue weighted by Crippen LogP contribution is 2.21. The SMILES string of the molecule is Cc1cc(N)ccc1C(=O)c1ccc(F)c(Br)c1. The molecule has 2 aromatic carbocycles. The van der Waals surface area contributed by atoms with Crippen molar-refractivity contribution in [3.05, 3.63) is 63.4 Å². The first-order valence-corrected chi connectivity index (χ1v) is 6.14. The van der Waals surface area contributed by atoms with E-state index in [-0.39, 0.29) is 16.1 Å². The Kier molecular flexibility index (Phi) is 3.48. The second-order valence-corrected chi connectivity index (χ2v) is 4.89. The van der Waals surface area contributed by atoms with Crippen molar-refractivity contribution in [2.45, 2.75) is 6.92 Å². The molecule has 0 atom stereocenters. The Bertz CT molecular complexity index is 625. The maximum absolute atomic E-state index is 13.1. The zero-order valence-electron chi connectivity index (χ0n) is 9.71. The van der Waals surface area contributed by atoms with Crippen LogP contribution in [0.3, 0.4) is 0 Å². The van der Waals surface area contributed by atoms with Crippen LogP contribution in [0.25, 0.3) is 0 Å². The fraction of sp³-hybridized carbons (Fsp3) is 0.0714. The fourth-order valence-electron chi connectivity index (χ4n) is 1.73.